The molecule has 3 amide bonds. The van der Waals surface area contributed by atoms with Crippen molar-refractivity contribution in [1.82, 2.24) is 35.2 Å². The number of benzene rings is 2. The predicted octanol–water partition coefficient (Wildman–Crippen LogP) is 7.45. The van der Waals surface area contributed by atoms with Crippen molar-refractivity contribution in [2.45, 2.75) is 105 Å². The van der Waals surface area contributed by atoms with E-state index in [-0.39, 0.29) is 43.7 Å². The lowest BCUT2D eigenvalue weighted by molar-refractivity contribution is -0.148. The number of carbonyl (C=O) groups excluding carboxylic acids is 3. The van der Waals surface area contributed by atoms with E-state index in [4.69, 9.17) is 24.2 Å². The minimum absolute atomic E-state index is 0.0337. The SMILES string of the molecule is CCn1c(-c2cc(N3CCN(C(=O)OCc4ccccc4)CC3)cnc2[C@H](C)OC)c(CC(C)(C)CO)c2cc(-c3csc(C[C@H](NC(=O)OC(C)(C)C)C(=O)N4CC5CC5[C@@H](C(=O)O)N4)n3)ccc21. The molecule has 0 spiro atoms. The minimum Gasteiger partial charge on any atom is -0.480 e. The Balaban J connectivity index is 1.11. The Labute approximate surface area is 413 Å². The largest absolute Gasteiger partial charge is 0.480 e. The summed E-state index contributed by atoms with van der Waals surface area (Å²) in [6.45, 7) is 16.7. The fourth-order valence-corrected chi connectivity index (χ4v) is 10.4. The van der Waals surface area contributed by atoms with Crippen molar-refractivity contribution in [2.24, 2.45) is 17.3 Å². The number of amides is 3. The third-order valence-electron chi connectivity index (χ3n) is 13.4. The van der Waals surface area contributed by atoms with Crippen LogP contribution in [-0.4, -0.2) is 123 Å². The van der Waals surface area contributed by atoms with E-state index in [0.717, 1.165) is 50.2 Å². The van der Waals surface area contributed by atoms with E-state index in [0.29, 0.717) is 62.8 Å². The number of rotatable bonds is 16. The number of ether oxygens (including phenoxy) is 3. The second-order valence-electron chi connectivity index (χ2n) is 20.4. The molecule has 0 bridgehead atoms. The first-order valence-corrected chi connectivity index (χ1v) is 25.0. The summed E-state index contributed by atoms with van der Waals surface area (Å²) in [5.41, 5.74) is 9.70. The number of nitrogens with one attached hydrogen (secondary N) is 2. The Morgan fingerprint density at radius 2 is 1.76 bits per heavy atom. The molecule has 5 atom stereocenters. The van der Waals surface area contributed by atoms with Crippen molar-refractivity contribution in [2.75, 3.05) is 51.3 Å². The second kappa shape index (κ2) is 20.7. The number of alkyl carbamates (subject to hydrolysis) is 1. The highest BCUT2D eigenvalue weighted by molar-refractivity contribution is 7.10. The van der Waals surface area contributed by atoms with E-state index >= 15 is 0 Å². The maximum absolute atomic E-state index is 14.1. The summed E-state index contributed by atoms with van der Waals surface area (Å²) < 4.78 is 19.4. The van der Waals surface area contributed by atoms with Crippen molar-refractivity contribution in [3.63, 3.8) is 0 Å². The molecule has 5 heterocycles. The standard InChI is InChI=1S/C52H66N8O9S/c1-9-59-42-16-15-33(41-29-70-43(54-41)24-40(55-49(65)69-51(3,4)5)47(62)60-27-34-22-36(34)45(56-60)48(63)64)21-37(42)39(25-52(6,7)30-61)46(59)38-23-35(26-53-44(38)31(2)67-8)57-17-19-58(20-18-57)50(66)68-28-32-13-11-10-12-14-32/h10-16,21,23,26,29,31,34,36,40,45,56,61H,9,17-20,22,24-25,27-28,30H2,1-8H3,(H,55,65)(H,63,64)/t31-,34?,36?,40-,45-/m0/s1. The van der Waals surface area contributed by atoms with E-state index in [1.165, 1.54) is 16.3 Å². The number of aliphatic carboxylic acids is 1. The number of fused-ring (bicyclic) bond motifs is 2. The number of carboxylic acids is 1. The van der Waals surface area contributed by atoms with E-state index in [2.05, 4.69) is 45.3 Å². The van der Waals surface area contributed by atoms with Crippen molar-refractivity contribution in [3.8, 4) is 22.5 Å². The van der Waals surface area contributed by atoms with Crippen LogP contribution in [0.1, 0.15) is 82.8 Å². The highest BCUT2D eigenvalue weighted by Crippen LogP contribution is 2.45. The number of hydrazine groups is 1. The van der Waals surface area contributed by atoms with Crippen LogP contribution in [0.5, 0.6) is 0 Å². The molecule has 2 aliphatic heterocycles. The third-order valence-corrected chi connectivity index (χ3v) is 14.3. The number of hydrogen-bond acceptors (Lipinski definition) is 13. The van der Waals surface area contributed by atoms with Crippen LogP contribution in [0.4, 0.5) is 15.3 Å². The van der Waals surface area contributed by atoms with Crippen LogP contribution in [0.3, 0.4) is 0 Å². The van der Waals surface area contributed by atoms with E-state index in [1.807, 2.05) is 68.7 Å². The Morgan fingerprint density at radius 3 is 2.43 bits per heavy atom. The molecular formula is C52H66N8O9S. The molecule has 2 unspecified atom stereocenters. The van der Waals surface area contributed by atoms with Gasteiger partial charge < -0.3 is 44.1 Å². The molecular weight excluding hydrogens is 913 g/mol. The van der Waals surface area contributed by atoms with Crippen LogP contribution in [0.15, 0.2) is 66.2 Å². The molecule has 4 N–H and O–H groups in total. The summed E-state index contributed by atoms with van der Waals surface area (Å²) in [4.78, 5) is 66.5. The molecule has 3 fully saturated rings. The number of methoxy groups -OCH3 is 1. The zero-order valence-corrected chi connectivity index (χ0v) is 42.2. The molecule has 0 radical (unpaired) electrons. The average molecular weight is 979 g/mol. The minimum atomic E-state index is -1.08. The monoisotopic (exact) mass is 978 g/mol. The van der Waals surface area contributed by atoms with Crippen LogP contribution in [0.2, 0.25) is 0 Å². The first-order chi connectivity index (χ1) is 33.4. The molecule has 2 saturated heterocycles. The highest BCUT2D eigenvalue weighted by Gasteiger charge is 2.52. The molecule has 1 aliphatic carbocycles. The summed E-state index contributed by atoms with van der Waals surface area (Å²) in [5.74, 6) is -1.44. The van der Waals surface area contributed by atoms with Crippen molar-refractivity contribution in [3.05, 3.63) is 88.0 Å². The molecule has 2 aromatic carbocycles. The molecule has 17 nitrogen and oxygen atoms in total. The van der Waals surface area contributed by atoms with Gasteiger partial charge in [-0.1, -0.05) is 50.2 Å². The number of nitrogens with zero attached hydrogens (tertiary/aromatic N) is 6. The van der Waals surface area contributed by atoms with Crippen LogP contribution in [-0.2, 0) is 49.8 Å². The lowest BCUT2D eigenvalue weighted by Gasteiger charge is -2.35. The normalized spacial score (nSPS) is 19.1. The quantitative estimate of drug-likeness (QED) is 0.0761. The summed E-state index contributed by atoms with van der Waals surface area (Å²) in [7, 11) is 1.67. The number of aromatic nitrogens is 3. The number of pyridine rings is 1. The van der Waals surface area contributed by atoms with E-state index < -0.39 is 41.1 Å². The maximum Gasteiger partial charge on any atom is 0.410 e. The van der Waals surface area contributed by atoms with Crippen molar-refractivity contribution in [1.29, 1.82) is 0 Å². The summed E-state index contributed by atoms with van der Waals surface area (Å²) in [5, 5.41) is 28.2. The van der Waals surface area contributed by atoms with Crippen LogP contribution in [0.25, 0.3) is 33.4 Å². The zero-order chi connectivity index (χ0) is 50.1. The van der Waals surface area contributed by atoms with Gasteiger partial charge in [0.25, 0.3) is 5.91 Å². The van der Waals surface area contributed by atoms with Gasteiger partial charge in [-0.25, -0.2) is 20.0 Å². The Morgan fingerprint density at radius 1 is 1.01 bits per heavy atom. The maximum atomic E-state index is 14.1. The van der Waals surface area contributed by atoms with Crippen LogP contribution in [0, 0.1) is 17.3 Å². The lowest BCUT2D eigenvalue weighted by Crippen LogP contribution is -2.61. The molecule has 3 aromatic heterocycles. The van der Waals surface area contributed by atoms with Crippen molar-refractivity contribution >= 4 is 52.0 Å². The first kappa shape index (κ1) is 50.3. The number of carboxylic acid groups (broad SMARTS) is 1. The van der Waals surface area contributed by atoms with Gasteiger partial charge in [-0.3, -0.25) is 19.6 Å². The van der Waals surface area contributed by atoms with E-state index in [1.54, 1.807) is 32.8 Å². The van der Waals surface area contributed by atoms with Crippen LogP contribution < -0.4 is 15.6 Å². The highest BCUT2D eigenvalue weighted by atomic mass is 32.1. The number of aryl methyl sites for hydroxylation is 1. The zero-order valence-electron chi connectivity index (χ0n) is 41.4. The molecule has 5 aromatic rings. The van der Waals surface area contributed by atoms with Crippen molar-refractivity contribution < 1.29 is 43.6 Å². The number of aliphatic hydroxyl groups excluding tert-OH is 1. The first-order valence-electron chi connectivity index (χ1n) is 24.1. The number of hydrogen-bond donors (Lipinski definition) is 4. The van der Waals surface area contributed by atoms with Gasteiger partial charge in [-0.2, -0.15) is 0 Å². The summed E-state index contributed by atoms with van der Waals surface area (Å²) >= 11 is 1.37. The number of aliphatic hydroxyl groups is 1. The number of piperazine rings is 1. The van der Waals surface area contributed by atoms with Crippen LogP contribution >= 0.6 is 11.3 Å². The van der Waals surface area contributed by atoms with Gasteiger partial charge in [0.2, 0.25) is 0 Å². The molecule has 70 heavy (non-hydrogen) atoms. The van der Waals surface area contributed by atoms with Gasteiger partial charge in [0, 0.05) is 86.8 Å². The van der Waals surface area contributed by atoms with Gasteiger partial charge in [0.15, 0.2) is 0 Å². The number of carbonyl (C=O) groups is 4. The topological polar surface area (TPSA) is 201 Å². The second-order valence-corrected chi connectivity index (χ2v) is 21.3. The molecule has 1 saturated carbocycles. The Kier molecular flexibility index (Phi) is 14.9. The molecule has 374 valence electrons. The summed E-state index contributed by atoms with van der Waals surface area (Å²) in [6, 6.07) is 16.1. The fourth-order valence-electron chi connectivity index (χ4n) is 9.54. The lowest BCUT2D eigenvalue weighted by atomic mass is 9.84. The number of anilines is 1. The smallest absolute Gasteiger partial charge is 0.410 e. The van der Waals surface area contributed by atoms with E-state index in [9.17, 15) is 29.4 Å². The average Bonchev–Trinajstić information content (AvgIpc) is 3.88. The molecule has 18 heteroatoms. The summed E-state index contributed by atoms with van der Waals surface area (Å²) in [6.07, 6.45) is 1.74. The molecule has 8 rings (SSSR count). The Bertz CT molecular complexity index is 2710. The fraction of sp³-hybridized carbons (Fsp3) is 0.500. The third kappa shape index (κ3) is 11.3. The van der Waals surface area contributed by atoms with Gasteiger partial charge in [0.05, 0.1) is 40.1 Å². The van der Waals surface area contributed by atoms with Gasteiger partial charge in [-0.15, -0.1) is 11.3 Å². The Hall–Kier alpha value is -6.08. The van der Waals surface area contributed by atoms with Gasteiger partial charge in [0.1, 0.15) is 24.3 Å². The predicted molar refractivity (Wildman–Crippen MR) is 267 cm³/mol. The van der Waals surface area contributed by atoms with Gasteiger partial charge >= 0.3 is 18.2 Å². The molecule has 3 aliphatic rings. The number of thiazole rings is 1. The van der Waals surface area contributed by atoms with Gasteiger partial charge in [-0.05, 0) is 94.0 Å².